The Morgan fingerprint density at radius 3 is 3.00 bits per heavy atom. The number of rotatable bonds is 4. The lowest BCUT2D eigenvalue weighted by Crippen LogP contribution is -2.12. The van der Waals surface area contributed by atoms with E-state index in [1.54, 1.807) is 12.4 Å². The zero-order valence-corrected chi connectivity index (χ0v) is 8.51. The number of aromatic amines is 1. The Kier molecular flexibility index (Phi) is 2.92. The smallest absolute Gasteiger partial charge is 0.149 e. The van der Waals surface area contributed by atoms with Gasteiger partial charge in [0.1, 0.15) is 11.6 Å². The molecular weight excluding hydrogens is 190 g/mol. The van der Waals surface area contributed by atoms with Gasteiger partial charge in [0.05, 0.1) is 6.04 Å². The SMILES string of the molecule is CCC(Nc1cccnn1)c1ncc[nH]1. The van der Waals surface area contributed by atoms with Gasteiger partial charge in [0.15, 0.2) is 0 Å². The third-order valence-electron chi connectivity index (χ3n) is 2.15. The van der Waals surface area contributed by atoms with E-state index in [9.17, 15) is 0 Å². The van der Waals surface area contributed by atoms with Gasteiger partial charge in [-0.3, -0.25) is 0 Å². The summed E-state index contributed by atoms with van der Waals surface area (Å²) in [6.07, 6.45) is 6.15. The lowest BCUT2D eigenvalue weighted by atomic mass is 10.2. The molecule has 1 atom stereocenters. The first-order valence-electron chi connectivity index (χ1n) is 4.93. The van der Waals surface area contributed by atoms with Crippen molar-refractivity contribution in [3.8, 4) is 0 Å². The lowest BCUT2D eigenvalue weighted by Gasteiger charge is -2.14. The molecule has 2 N–H and O–H groups in total. The second-order valence-electron chi connectivity index (χ2n) is 3.19. The fourth-order valence-electron chi connectivity index (χ4n) is 1.39. The zero-order valence-electron chi connectivity index (χ0n) is 8.51. The van der Waals surface area contributed by atoms with E-state index >= 15 is 0 Å². The van der Waals surface area contributed by atoms with Crippen LogP contribution in [0.4, 0.5) is 5.82 Å². The van der Waals surface area contributed by atoms with Gasteiger partial charge in [-0.15, -0.1) is 5.10 Å². The van der Waals surface area contributed by atoms with Crippen LogP contribution in [0.15, 0.2) is 30.7 Å². The van der Waals surface area contributed by atoms with Gasteiger partial charge in [-0.25, -0.2) is 4.98 Å². The maximum Gasteiger partial charge on any atom is 0.149 e. The summed E-state index contributed by atoms with van der Waals surface area (Å²) in [7, 11) is 0. The molecule has 0 aromatic carbocycles. The molecule has 0 saturated heterocycles. The van der Waals surface area contributed by atoms with Crippen molar-refractivity contribution in [3.63, 3.8) is 0 Å². The van der Waals surface area contributed by atoms with Crippen molar-refractivity contribution in [2.75, 3.05) is 5.32 Å². The molecule has 2 aromatic heterocycles. The monoisotopic (exact) mass is 203 g/mol. The van der Waals surface area contributed by atoms with Crippen molar-refractivity contribution in [3.05, 3.63) is 36.5 Å². The highest BCUT2D eigenvalue weighted by Crippen LogP contribution is 2.16. The van der Waals surface area contributed by atoms with Gasteiger partial charge in [0.2, 0.25) is 0 Å². The second kappa shape index (κ2) is 4.54. The molecular formula is C10H13N5. The van der Waals surface area contributed by atoms with Gasteiger partial charge in [-0.1, -0.05) is 6.92 Å². The number of aromatic nitrogens is 4. The lowest BCUT2D eigenvalue weighted by molar-refractivity contribution is 0.697. The highest BCUT2D eigenvalue weighted by atomic mass is 15.2. The average molecular weight is 203 g/mol. The Hall–Kier alpha value is -1.91. The van der Waals surface area contributed by atoms with Crippen molar-refractivity contribution in [1.29, 1.82) is 0 Å². The molecule has 2 rings (SSSR count). The number of hydrogen-bond donors (Lipinski definition) is 2. The molecule has 78 valence electrons. The maximum absolute atomic E-state index is 4.22. The predicted molar refractivity (Wildman–Crippen MR) is 57.3 cm³/mol. The minimum atomic E-state index is 0.150. The van der Waals surface area contributed by atoms with Crippen LogP contribution in [0.25, 0.3) is 0 Å². The Bertz CT molecular complexity index is 383. The fourth-order valence-corrected chi connectivity index (χ4v) is 1.39. The van der Waals surface area contributed by atoms with Gasteiger partial charge in [-0.2, -0.15) is 5.10 Å². The third-order valence-corrected chi connectivity index (χ3v) is 2.15. The molecule has 0 aliphatic heterocycles. The molecule has 0 spiro atoms. The molecule has 15 heavy (non-hydrogen) atoms. The number of nitrogens with zero attached hydrogens (tertiary/aromatic N) is 3. The molecule has 0 aliphatic rings. The van der Waals surface area contributed by atoms with Gasteiger partial charge in [0, 0.05) is 18.6 Å². The van der Waals surface area contributed by atoms with E-state index in [-0.39, 0.29) is 6.04 Å². The first-order valence-corrected chi connectivity index (χ1v) is 4.93. The van der Waals surface area contributed by atoms with E-state index in [0.717, 1.165) is 18.1 Å². The minimum Gasteiger partial charge on any atom is -0.359 e. The molecule has 1 unspecified atom stereocenters. The van der Waals surface area contributed by atoms with E-state index < -0.39 is 0 Å². The first kappa shape index (κ1) is 9.64. The zero-order chi connectivity index (χ0) is 10.5. The van der Waals surface area contributed by atoms with Crippen LogP contribution in [0, 0.1) is 0 Å². The molecule has 5 nitrogen and oxygen atoms in total. The van der Waals surface area contributed by atoms with Crippen molar-refractivity contribution < 1.29 is 0 Å². The summed E-state index contributed by atoms with van der Waals surface area (Å²) in [6, 6.07) is 3.89. The summed E-state index contributed by atoms with van der Waals surface area (Å²) in [5.74, 6) is 1.68. The van der Waals surface area contributed by atoms with Crippen LogP contribution in [-0.2, 0) is 0 Å². The van der Waals surface area contributed by atoms with Crippen LogP contribution in [0.3, 0.4) is 0 Å². The number of nitrogens with one attached hydrogen (secondary N) is 2. The second-order valence-corrected chi connectivity index (χ2v) is 3.19. The van der Waals surface area contributed by atoms with Crippen molar-refractivity contribution in [2.24, 2.45) is 0 Å². The van der Waals surface area contributed by atoms with Crippen LogP contribution in [0.1, 0.15) is 25.2 Å². The number of H-pyrrole nitrogens is 1. The standard InChI is InChI=1S/C10H13N5/c1-2-8(10-11-6-7-12-10)14-9-4-3-5-13-15-9/h3-8H,2H2,1H3,(H,11,12)(H,14,15). The Balaban J connectivity index is 2.10. The van der Waals surface area contributed by atoms with E-state index in [2.05, 4.69) is 32.4 Å². The van der Waals surface area contributed by atoms with Gasteiger partial charge < -0.3 is 10.3 Å². The molecule has 0 fully saturated rings. The average Bonchev–Trinajstić information content (AvgIpc) is 2.81. The molecule has 0 saturated carbocycles. The number of anilines is 1. The number of hydrogen-bond acceptors (Lipinski definition) is 4. The molecule has 0 radical (unpaired) electrons. The molecule has 0 aliphatic carbocycles. The van der Waals surface area contributed by atoms with Gasteiger partial charge >= 0.3 is 0 Å². The molecule has 2 heterocycles. The Labute approximate surface area is 88.0 Å². The summed E-state index contributed by atoms with van der Waals surface area (Å²) in [5, 5.41) is 11.0. The van der Waals surface area contributed by atoms with E-state index in [4.69, 9.17) is 0 Å². The van der Waals surface area contributed by atoms with E-state index in [0.29, 0.717) is 0 Å². The molecule has 5 heteroatoms. The summed E-state index contributed by atoms with van der Waals surface area (Å²) >= 11 is 0. The minimum absolute atomic E-state index is 0.150. The van der Waals surface area contributed by atoms with E-state index in [1.807, 2.05) is 18.3 Å². The van der Waals surface area contributed by atoms with Crippen LogP contribution < -0.4 is 5.32 Å². The Morgan fingerprint density at radius 1 is 1.47 bits per heavy atom. The van der Waals surface area contributed by atoms with Crippen molar-refractivity contribution in [2.45, 2.75) is 19.4 Å². The molecule has 2 aromatic rings. The van der Waals surface area contributed by atoms with Crippen molar-refractivity contribution >= 4 is 5.82 Å². The van der Waals surface area contributed by atoms with Gasteiger partial charge in [-0.05, 0) is 18.6 Å². The first-order chi connectivity index (χ1) is 7.40. The fraction of sp³-hybridized carbons (Fsp3) is 0.300. The van der Waals surface area contributed by atoms with Crippen LogP contribution >= 0.6 is 0 Å². The predicted octanol–water partition coefficient (Wildman–Crippen LogP) is 1.76. The quantitative estimate of drug-likeness (QED) is 0.794. The van der Waals surface area contributed by atoms with Crippen LogP contribution in [0.5, 0.6) is 0 Å². The topological polar surface area (TPSA) is 66.5 Å². The van der Waals surface area contributed by atoms with E-state index in [1.165, 1.54) is 0 Å². The Morgan fingerprint density at radius 2 is 2.40 bits per heavy atom. The largest absolute Gasteiger partial charge is 0.359 e. The highest BCUT2D eigenvalue weighted by molar-refractivity contribution is 5.34. The summed E-state index contributed by atoms with van der Waals surface area (Å²) in [6.45, 7) is 2.09. The summed E-state index contributed by atoms with van der Waals surface area (Å²) in [5.41, 5.74) is 0. The van der Waals surface area contributed by atoms with Crippen LogP contribution in [-0.4, -0.2) is 20.2 Å². The highest BCUT2D eigenvalue weighted by Gasteiger charge is 2.11. The van der Waals surface area contributed by atoms with Crippen molar-refractivity contribution in [1.82, 2.24) is 20.2 Å². The summed E-state index contributed by atoms with van der Waals surface area (Å²) < 4.78 is 0. The third kappa shape index (κ3) is 2.31. The normalized spacial score (nSPS) is 12.3. The summed E-state index contributed by atoms with van der Waals surface area (Å²) in [4.78, 5) is 7.30. The maximum atomic E-state index is 4.22. The number of imidazole rings is 1. The molecule has 0 amide bonds. The van der Waals surface area contributed by atoms with Crippen LogP contribution in [0.2, 0.25) is 0 Å². The van der Waals surface area contributed by atoms with Gasteiger partial charge in [0.25, 0.3) is 0 Å². The molecule has 0 bridgehead atoms.